The zero-order valence-electron chi connectivity index (χ0n) is 15.0. The molecule has 2 heterocycles. The Hall–Kier alpha value is -1.98. The van der Waals surface area contributed by atoms with Crippen molar-refractivity contribution >= 4 is 12.1 Å². The first-order valence-corrected chi connectivity index (χ1v) is 8.59. The maximum atomic E-state index is 12.1. The summed E-state index contributed by atoms with van der Waals surface area (Å²) >= 11 is 0. The molecule has 134 valence electrons. The molecule has 2 rings (SSSR count). The van der Waals surface area contributed by atoms with Crippen LogP contribution in [0.3, 0.4) is 0 Å². The van der Waals surface area contributed by atoms with Gasteiger partial charge in [-0.3, -0.25) is 0 Å². The molecule has 0 aromatic heterocycles. The van der Waals surface area contributed by atoms with Crippen molar-refractivity contribution in [3.63, 3.8) is 0 Å². The molecule has 2 aliphatic rings. The van der Waals surface area contributed by atoms with Gasteiger partial charge in [-0.2, -0.15) is 0 Å². The van der Waals surface area contributed by atoms with E-state index >= 15 is 0 Å². The summed E-state index contributed by atoms with van der Waals surface area (Å²) in [6, 6.07) is -0.174. The minimum Gasteiger partial charge on any atom is -0.464 e. The number of rotatable bonds is 3. The molecule has 0 aliphatic carbocycles. The molecule has 1 saturated heterocycles. The van der Waals surface area contributed by atoms with Gasteiger partial charge in [-0.25, -0.2) is 9.59 Å². The van der Waals surface area contributed by atoms with Crippen LogP contribution in [-0.2, 0) is 14.3 Å². The summed E-state index contributed by atoms with van der Waals surface area (Å²) in [6.07, 6.45) is 8.93. The Bertz CT molecular complexity index is 514. The van der Waals surface area contributed by atoms with Crippen LogP contribution in [0.4, 0.5) is 4.79 Å². The lowest BCUT2D eigenvalue weighted by atomic mass is 10.0. The molecule has 2 aliphatic heterocycles. The monoisotopic (exact) mass is 336 g/mol. The lowest BCUT2D eigenvalue weighted by Gasteiger charge is -2.41. The average molecular weight is 336 g/mol. The highest BCUT2D eigenvalue weighted by atomic mass is 16.6. The van der Waals surface area contributed by atoms with Crippen LogP contribution in [0.5, 0.6) is 0 Å². The SMILES string of the molecule is CCOC(=O)C1C=CC=CN1C1CCN(C(=O)OC(C)(C)C)CC1. The number of carbonyl (C=O) groups excluding carboxylic acids is 2. The molecule has 0 radical (unpaired) electrons. The van der Waals surface area contributed by atoms with Gasteiger partial charge in [-0.05, 0) is 46.6 Å². The van der Waals surface area contributed by atoms with Crippen molar-refractivity contribution in [1.82, 2.24) is 9.80 Å². The largest absolute Gasteiger partial charge is 0.464 e. The Labute approximate surface area is 144 Å². The molecule has 0 spiro atoms. The minimum atomic E-state index is -0.483. The van der Waals surface area contributed by atoms with E-state index in [1.165, 1.54) is 0 Å². The summed E-state index contributed by atoms with van der Waals surface area (Å²) in [7, 11) is 0. The number of piperidine rings is 1. The molecule has 6 nitrogen and oxygen atoms in total. The fourth-order valence-corrected chi connectivity index (χ4v) is 2.96. The van der Waals surface area contributed by atoms with E-state index in [9.17, 15) is 9.59 Å². The maximum absolute atomic E-state index is 12.1. The van der Waals surface area contributed by atoms with Crippen LogP contribution in [0.25, 0.3) is 0 Å². The van der Waals surface area contributed by atoms with Gasteiger partial charge in [-0.1, -0.05) is 12.2 Å². The highest BCUT2D eigenvalue weighted by Gasteiger charge is 2.33. The highest BCUT2D eigenvalue weighted by Crippen LogP contribution is 2.23. The number of carbonyl (C=O) groups is 2. The molecule has 0 aromatic carbocycles. The summed E-state index contributed by atoms with van der Waals surface area (Å²) in [4.78, 5) is 28.1. The topological polar surface area (TPSA) is 59.1 Å². The van der Waals surface area contributed by atoms with Crippen LogP contribution >= 0.6 is 0 Å². The van der Waals surface area contributed by atoms with Gasteiger partial charge >= 0.3 is 12.1 Å². The van der Waals surface area contributed by atoms with E-state index in [-0.39, 0.29) is 24.1 Å². The van der Waals surface area contributed by atoms with Crippen molar-refractivity contribution in [2.75, 3.05) is 19.7 Å². The van der Waals surface area contributed by atoms with Crippen LogP contribution in [0.2, 0.25) is 0 Å². The molecule has 1 fully saturated rings. The number of amides is 1. The molecule has 1 unspecified atom stereocenters. The van der Waals surface area contributed by atoms with Crippen molar-refractivity contribution in [3.8, 4) is 0 Å². The Kier molecular flexibility index (Phi) is 5.91. The lowest BCUT2D eigenvalue weighted by molar-refractivity contribution is -0.147. The van der Waals surface area contributed by atoms with Crippen molar-refractivity contribution in [1.29, 1.82) is 0 Å². The van der Waals surface area contributed by atoms with E-state index in [1.54, 1.807) is 4.90 Å². The third-order valence-electron chi connectivity index (χ3n) is 4.05. The number of hydrogen-bond acceptors (Lipinski definition) is 5. The van der Waals surface area contributed by atoms with E-state index in [0.717, 1.165) is 12.8 Å². The highest BCUT2D eigenvalue weighted by molar-refractivity contribution is 5.78. The Morgan fingerprint density at radius 1 is 1.17 bits per heavy atom. The van der Waals surface area contributed by atoms with Gasteiger partial charge in [0.15, 0.2) is 0 Å². The van der Waals surface area contributed by atoms with Gasteiger partial charge in [0, 0.05) is 25.3 Å². The predicted octanol–water partition coefficient (Wildman–Crippen LogP) is 2.70. The molecule has 24 heavy (non-hydrogen) atoms. The van der Waals surface area contributed by atoms with Crippen LogP contribution in [-0.4, -0.2) is 59.2 Å². The smallest absolute Gasteiger partial charge is 0.410 e. The van der Waals surface area contributed by atoms with Crippen molar-refractivity contribution < 1.29 is 19.1 Å². The van der Waals surface area contributed by atoms with Crippen LogP contribution in [0, 0.1) is 0 Å². The summed E-state index contributed by atoms with van der Waals surface area (Å²) in [5, 5.41) is 0. The van der Waals surface area contributed by atoms with Gasteiger partial charge in [-0.15, -0.1) is 0 Å². The predicted molar refractivity (Wildman–Crippen MR) is 91.4 cm³/mol. The van der Waals surface area contributed by atoms with Gasteiger partial charge in [0.1, 0.15) is 11.6 Å². The summed E-state index contributed by atoms with van der Waals surface area (Å²) in [6.45, 7) is 9.04. The lowest BCUT2D eigenvalue weighted by Crippen LogP contribution is -2.51. The molecule has 6 heteroatoms. The van der Waals surface area contributed by atoms with Crippen LogP contribution in [0.1, 0.15) is 40.5 Å². The molecule has 0 saturated carbocycles. The normalized spacial score (nSPS) is 21.8. The fourth-order valence-electron chi connectivity index (χ4n) is 2.96. The van der Waals surface area contributed by atoms with Crippen molar-refractivity contribution in [3.05, 3.63) is 24.4 Å². The fraction of sp³-hybridized carbons (Fsp3) is 0.667. The Balaban J connectivity index is 1.93. The van der Waals surface area contributed by atoms with E-state index in [4.69, 9.17) is 9.47 Å². The molecule has 0 aromatic rings. The first kappa shape index (κ1) is 18.4. The van der Waals surface area contributed by atoms with Crippen LogP contribution in [0.15, 0.2) is 24.4 Å². The summed E-state index contributed by atoms with van der Waals surface area (Å²) in [5.41, 5.74) is -0.483. The molecular weight excluding hydrogens is 308 g/mol. The average Bonchev–Trinajstić information content (AvgIpc) is 2.53. The second-order valence-corrected chi connectivity index (χ2v) is 7.07. The number of ether oxygens (including phenoxy) is 2. The first-order valence-electron chi connectivity index (χ1n) is 8.59. The molecule has 1 atom stereocenters. The zero-order valence-corrected chi connectivity index (χ0v) is 15.0. The van der Waals surface area contributed by atoms with E-state index in [0.29, 0.717) is 19.7 Å². The third kappa shape index (κ3) is 4.76. The number of esters is 1. The second kappa shape index (κ2) is 7.73. The van der Waals surface area contributed by atoms with Crippen molar-refractivity contribution in [2.45, 2.75) is 58.2 Å². The molecule has 1 amide bonds. The standard InChI is InChI=1S/C18H28N2O4/c1-5-23-16(21)15-8-6-7-11-20(15)14-9-12-19(13-10-14)17(22)24-18(2,3)4/h6-8,11,14-15H,5,9-10,12-13H2,1-4H3. The zero-order chi connectivity index (χ0) is 17.7. The van der Waals surface area contributed by atoms with Gasteiger partial charge in [0.05, 0.1) is 6.61 Å². The van der Waals surface area contributed by atoms with E-state index < -0.39 is 5.60 Å². The quantitative estimate of drug-likeness (QED) is 0.742. The van der Waals surface area contributed by atoms with Gasteiger partial charge in [0.2, 0.25) is 0 Å². The molecular formula is C18H28N2O4. The number of likely N-dealkylation sites (tertiary alicyclic amines) is 1. The third-order valence-corrected chi connectivity index (χ3v) is 4.05. The van der Waals surface area contributed by atoms with E-state index in [2.05, 4.69) is 0 Å². The molecule has 0 N–H and O–H groups in total. The summed E-state index contributed by atoms with van der Waals surface area (Å²) in [5.74, 6) is -0.229. The number of allylic oxidation sites excluding steroid dienone is 2. The second-order valence-electron chi connectivity index (χ2n) is 7.07. The van der Waals surface area contributed by atoms with Crippen molar-refractivity contribution in [2.24, 2.45) is 0 Å². The van der Waals surface area contributed by atoms with Gasteiger partial charge < -0.3 is 19.3 Å². The Morgan fingerprint density at radius 2 is 1.83 bits per heavy atom. The first-order chi connectivity index (χ1) is 11.3. The number of hydrogen-bond donors (Lipinski definition) is 0. The van der Waals surface area contributed by atoms with Crippen LogP contribution < -0.4 is 0 Å². The minimum absolute atomic E-state index is 0.208. The van der Waals surface area contributed by atoms with E-state index in [1.807, 2.05) is 57.0 Å². The maximum Gasteiger partial charge on any atom is 0.410 e. The summed E-state index contributed by atoms with van der Waals surface area (Å²) < 4.78 is 10.6. The molecule has 0 bridgehead atoms. The Morgan fingerprint density at radius 3 is 2.42 bits per heavy atom. The van der Waals surface area contributed by atoms with Gasteiger partial charge in [0.25, 0.3) is 0 Å². The number of nitrogens with zero attached hydrogens (tertiary/aromatic N) is 2.